The molecule has 0 aliphatic rings. The molecule has 1 heterocycles. The second kappa shape index (κ2) is 7.99. The van der Waals surface area contributed by atoms with E-state index in [9.17, 15) is 0 Å². The number of nitrogen functional groups attached to an aromatic ring is 1. The minimum absolute atomic E-state index is 0.608. The molecule has 0 amide bonds. The Morgan fingerprint density at radius 2 is 2.10 bits per heavy atom. The van der Waals surface area contributed by atoms with Crippen LogP contribution >= 0.6 is 0 Å². The van der Waals surface area contributed by atoms with Crippen molar-refractivity contribution in [1.82, 2.24) is 4.98 Å². The number of fused-ring (bicyclic) bond motifs is 1. The van der Waals surface area contributed by atoms with E-state index in [0.717, 1.165) is 28.8 Å². The molecule has 0 saturated heterocycles. The maximum atomic E-state index is 6.00. The summed E-state index contributed by atoms with van der Waals surface area (Å²) in [5.74, 6) is 0.665. The second-order valence-electron chi connectivity index (χ2n) is 5.65. The number of anilines is 1. The summed E-state index contributed by atoms with van der Waals surface area (Å²) in [6, 6.07) is 7.90. The van der Waals surface area contributed by atoms with Crippen molar-refractivity contribution in [3.05, 3.63) is 36.0 Å². The van der Waals surface area contributed by atoms with Gasteiger partial charge >= 0.3 is 0 Å². The molecule has 114 valence electrons. The van der Waals surface area contributed by atoms with Crippen molar-refractivity contribution >= 4 is 16.6 Å². The first kappa shape index (κ1) is 15.8. The fourth-order valence-electron chi connectivity index (χ4n) is 2.60. The summed E-state index contributed by atoms with van der Waals surface area (Å²) in [5.41, 5.74) is 8.85. The normalized spacial score (nSPS) is 12.7. The third kappa shape index (κ3) is 4.18. The van der Waals surface area contributed by atoms with Crippen LogP contribution < -0.4 is 5.73 Å². The molecule has 0 radical (unpaired) electrons. The first-order chi connectivity index (χ1) is 10.3. The number of hydrogen-bond donors (Lipinski definition) is 1. The van der Waals surface area contributed by atoms with E-state index in [0.29, 0.717) is 12.5 Å². The van der Waals surface area contributed by atoms with Crippen molar-refractivity contribution in [2.75, 3.05) is 12.3 Å². The molecule has 2 aromatic rings. The first-order valence-electron chi connectivity index (χ1n) is 7.96. The summed E-state index contributed by atoms with van der Waals surface area (Å²) in [5, 5.41) is 1.01. The highest BCUT2D eigenvalue weighted by Gasteiger charge is 2.08. The highest BCUT2D eigenvalue weighted by Crippen LogP contribution is 2.23. The average Bonchev–Trinajstić information content (AvgIpc) is 2.53. The summed E-state index contributed by atoms with van der Waals surface area (Å²) in [6.45, 7) is 5.91. The molecule has 0 bridgehead atoms. The molecule has 0 saturated carbocycles. The molecule has 2 N–H and O–H groups in total. The second-order valence-corrected chi connectivity index (χ2v) is 5.65. The van der Waals surface area contributed by atoms with Crippen LogP contribution in [0.1, 0.15) is 45.1 Å². The fourth-order valence-corrected chi connectivity index (χ4v) is 2.60. The van der Waals surface area contributed by atoms with Crippen LogP contribution in [0.5, 0.6) is 0 Å². The van der Waals surface area contributed by atoms with Crippen molar-refractivity contribution in [3.8, 4) is 0 Å². The van der Waals surface area contributed by atoms with Crippen molar-refractivity contribution in [2.24, 2.45) is 5.92 Å². The van der Waals surface area contributed by atoms with E-state index in [4.69, 9.17) is 10.5 Å². The van der Waals surface area contributed by atoms with E-state index in [-0.39, 0.29) is 0 Å². The van der Waals surface area contributed by atoms with E-state index in [2.05, 4.69) is 18.8 Å². The zero-order valence-electron chi connectivity index (χ0n) is 13.1. The molecule has 1 atom stereocenters. The van der Waals surface area contributed by atoms with Crippen LogP contribution in [0, 0.1) is 5.92 Å². The van der Waals surface area contributed by atoms with Crippen molar-refractivity contribution in [3.63, 3.8) is 0 Å². The van der Waals surface area contributed by atoms with Crippen LogP contribution in [0.4, 0.5) is 5.69 Å². The van der Waals surface area contributed by atoms with E-state index < -0.39 is 0 Å². The number of rotatable bonds is 8. The van der Waals surface area contributed by atoms with Gasteiger partial charge < -0.3 is 10.5 Å². The van der Waals surface area contributed by atoms with Gasteiger partial charge in [-0.15, -0.1) is 0 Å². The summed E-state index contributed by atoms with van der Waals surface area (Å²) in [7, 11) is 0. The third-order valence-corrected chi connectivity index (χ3v) is 4.04. The van der Waals surface area contributed by atoms with E-state index >= 15 is 0 Å². The molecule has 3 nitrogen and oxygen atoms in total. The molecule has 1 unspecified atom stereocenters. The molecule has 0 fully saturated rings. The summed E-state index contributed by atoms with van der Waals surface area (Å²) in [6.07, 6.45) is 6.78. The predicted octanol–water partition coefficient (Wildman–Crippen LogP) is 4.55. The lowest BCUT2D eigenvalue weighted by Gasteiger charge is -2.15. The Bertz CT molecular complexity index is 568. The van der Waals surface area contributed by atoms with Gasteiger partial charge in [-0.3, -0.25) is 4.98 Å². The molecule has 2 rings (SSSR count). The van der Waals surface area contributed by atoms with Crippen molar-refractivity contribution in [2.45, 2.75) is 46.1 Å². The van der Waals surface area contributed by atoms with Crippen LogP contribution in [0.25, 0.3) is 10.9 Å². The molecule has 21 heavy (non-hydrogen) atoms. The highest BCUT2D eigenvalue weighted by atomic mass is 16.5. The molecule has 0 aliphatic carbocycles. The molecule has 1 aromatic heterocycles. The van der Waals surface area contributed by atoms with E-state index in [1.165, 1.54) is 25.7 Å². The Labute approximate surface area is 127 Å². The lowest BCUT2D eigenvalue weighted by atomic mass is 10.0. The lowest BCUT2D eigenvalue weighted by molar-refractivity contribution is 0.0826. The number of nitrogens with zero attached hydrogens (tertiary/aromatic N) is 1. The third-order valence-electron chi connectivity index (χ3n) is 4.04. The Hall–Kier alpha value is -1.61. The highest BCUT2D eigenvalue weighted by molar-refractivity contribution is 5.92. The van der Waals surface area contributed by atoms with Gasteiger partial charge in [0.25, 0.3) is 0 Å². The van der Waals surface area contributed by atoms with Gasteiger partial charge in [0.2, 0.25) is 0 Å². The smallest absolute Gasteiger partial charge is 0.0777 e. The number of hydrogen-bond acceptors (Lipinski definition) is 3. The maximum absolute atomic E-state index is 6.00. The Morgan fingerprint density at radius 1 is 1.24 bits per heavy atom. The summed E-state index contributed by atoms with van der Waals surface area (Å²) >= 11 is 0. The van der Waals surface area contributed by atoms with Gasteiger partial charge in [0.1, 0.15) is 0 Å². The van der Waals surface area contributed by atoms with E-state index in [1.807, 2.05) is 24.3 Å². The molecular weight excluding hydrogens is 260 g/mol. The minimum Gasteiger partial charge on any atom is -0.398 e. The summed E-state index contributed by atoms with van der Waals surface area (Å²) < 4.78 is 5.94. The molecule has 3 heteroatoms. The van der Waals surface area contributed by atoms with Crippen LogP contribution in [0.2, 0.25) is 0 Å². The lowest BCUT2D eigenvalue weighted by Crippen LogP contribution is -2.09. The van der Waals surface area contributed by atoms with Gasteiger partial charge in [-0.25, -0.2) is 0 Å². The van der Waals surface area contributed by atoms with Crippen molar-refractivity contribution < 1.29 is 4.74 Å². The maximum Gasteiger partial charge on any atom is 0.0777 e. The first-order valence-corrected chi connectivity index (χ1v) is 7.96. The van der Waals surface area contributed by atoms with Crippen LogP contribution in [-0.4, -0.2) is 11.6 Å². The molecule has 1 aromatic carbocycles. The fraction of sp³-hybridized carbons (Fsp3) is 0.500. The Kier molecular flexibility index (Phi) is 6.00. The molecule has 0 spiro atoms. The van der Waals surface area contributed by atoms with Gasteiger partial charge in [0.05, 0.1) is 12.1 Å². The topological polar surface area (TPSA) is 48.1 Å². The standard InChI is InChI=1S/C18H26N2O/c1-3-5-7-14(4-2)12-21-13-15-9-10-17(19)16-8-6-11-20-18(15)16/h6,8-11,14H,3-5,7,12-13,19H2,1-2H3. The molecule has 0 aliphatic heterocycles. The van der Waals surface area contributed by atoms with Crippen LogP contribution in [0.3, 0.4) is 0 Å². The quantitative estimate of drug-likeness (QED) is 0.724. The van der Waals surface area contributed by atoms with Gasteiger partial charge in [0, 0.05) is 29.4 Å². The number of aromatic nitrogens is 1. The predicted molar refractivity (Wildman–Crippen MR) is 89.1 cm³/mol. The van der Waals surface area contributed by atoms with Gasteiger partial charge in [0.15, 0.2) is 0 Å². The number of nitrogens with two attached hydrogens (primary N) is 1. The number of ether oxygens (including phenoxy) is 1. The Balaban J connectivity index is 1.99. The van der Waals surface area contributed by atoms with E-state index in [1.54, 1.807) is 6.20 Å². The average molecular weight is 286 g/mol. The van der Waals surface area contributed by atoms with Crippen LogP contribution in [-0.2, 0) is 11.3 Å². The van der Waals surface area contributed by atoms with Crippen molar-refractivity contribution in [1.29, 1.82) is 0 Å². The minimum atomic E-state index is 0.608. The monoisotopic (exact) mass is 286 g/mol. The van der Waals surface area contributed by atoms with Crippen LogP contribution in [0.15, 0.2) is 30.5 Å². The summed E-state index contributed by atoms with van der Waals surface area (Å²) in [4.78, 5) is 4.45. The van der Waals surface area contributed by atoms with Gasteiger partial charge in [-0.2, -0.15) is 0 Å². The van der Waals surface area contributed by atoms with Gasteiger partial charge in [-0.05, 0) is 30.5 Å². The molecular formula is C18H26N2O. The largest absolute Gasteiger partial charge is 0.398 e. The Morgan fingerprint density at radius 3 is 2.86 bits per heavy atom. The zero-order chi connectivity index (χ0) is 15.1. The number of unbranched alkanes of at least 4 members (excludes halogenated alkanes) is 1. The number of benzene rings is 1. The SMILES string of the molecule is CCCCC(CC)COCc1ccc(N)c2cccnc12. The van der Waals surface area contributed by atoms with Gasteiger partial charge in [-0.1, -0.05) is 39.2 Å². The number of pyridine rings is 1. The zero-order valence-corrected chi connectivity index (χ0v) is 13.1.